The van der Waals surface area contributed by atoms with Gasteiger partial charge in [-0.3, -0.25) is 14.9 Å². The minimum Gasteiger partial charge on any atom is -0.350 e. The van der Waals surface area contributed by atoms with Crippen LogP contribution in [-0.4, -0.2) is 46.5 Å². The van der Waals surface area contributed by atoms with Gasteiger partial charge in [0.1, 0.15) is 0 Å². The molecular formula is C28H29ClN4O2. The summed E-state index contributed by atoms with van der Waals surface area (Å²) in [5, 5.41) is 4.63. The average molecular weight is 489 g/mol. The molecule has 0 spiro atoms. The number of carbonyl (C=O) groups is 2. The number of amides is 2. The van der Waals surface area contributed by atoms with E-state index in [-0.39, 0.29) is 24.2 Å². The molecule has 2 aliphatic heterocycles. The van der Waals surface area contributed by atoms with Crippen molar-refractivity contribution in [2.75, 3.05) is 20.6 Å². The fourth-order valence-electron chi connectivity index (χ4n) is 5.95. The molecule has 4 heterocycles. The van der Waals surface area contributed by atoms with E-state index in [9.17, 15) is 9.59 Å². The van der Waals surface area contributed by atoms with Gasteiger partial charge < -0.3 is 14.0 Å². The number of benzene rings is 2. The molecule has 7 heteroatoms. The Morgan fingerprint density at radius 1 is 0.943 bits per heavy atom. The zero-order chi connectivity index (χ0) is 23.6. The van der Waals surface area contributed by atoms with E-state index in [1.807, 2.05) is 54.2 Å². The van der Waals surface area contributed by atoms with Crippen molar-refractivity contribution in [3.63, 3.8) is 0 Å². The van der Waals surface area contributed by atoms with Gasteiger partial charge >= 0.3 is 0 Å². The highest BCUT2D eigenvalue weighted by atomic mass is 35.5. The second-order valence-corrected chi connectivity index (χ2v) is 9.82. The molecule has 1 atom stereocenters. The normalized spacial score (nSPS) is 17.9. The standard InChI is InChI=1S/C28H28N4O2.ClH/c1-30(2)15-17-12-13-32-22-11-7-5-9-19(22)24(23(32)14-17)26-25(27(33)29-28(26)34)20-16-31(3)21-10-6-4-8-18(20)21;/h4-11,16-17H,12-15H2,1-3H3,(H,29,33,34);1H. The number of aryl methyl sites for hydroxylation is 2. The number of nitrogens with zero attached hydrogens (tertiary/aromatic N) is 3. The molecule has 2 amide bonds. The van der Waals surface area contributed by atoms with Crippen LogP contribution in [0.5, 0.6) is 0 Å². The van der Waals surface area contributed by atoms with Crippen molar-refractivity contribution in [3.8, 4) is 0 Å². The van der Waals surface area contributed by atoms with E-state index in [1.165, 1.54) is 0 Å². The minimum atomic E-state index is -0.318. The molecule has 0 fully saturated rings. The largest absolute Gasteiger partial charge is 0.350 e. The number of rotatable bonds is 4. The molecule has 1 N–H and O–H groups in total. The molecule has 2 aliphatic rings. The van der Waals surface area contributed by atoms with Gasteiger partial charge in [-0.15, -0.1) is 12.4 Å². The first kappa shape index (κ1) is 23.4. The van der Waals surface area contributed by atoms with Crippen LogP contribution in [0.4, 0.5) is 0 Å². The van der Waals surface area contributed by atoms with Gasteiger partial charge in [-0.05, 0) is 45.0 Å². The lowest BCUT2D eigenvalue weighted by Gasteiger charge is -2.28. The van der Waals surface area contributed by atoms with Crippen molar-refractivity contribution in [2.24, 2.45) is 13.0 Å². The van der Waals surface area contributed by atoms with Crippen LogP contribution in [0.2, 0.25) is 0 Å². The van der Waals surface area contributed by atoms with Crippen LogP contribution < -0.4 is 5.32 Å². The first-order valence-electron chi connectivity index (χ1n) is 11.8. The maximum absolute atomic E-state index is 13.4. The summed E-state index contributed by atoms with van der Waals surface area (Å²) < 4.78 is 4.38. The average Bonchev–Trinajstić information content (AvgIpc) is 3.41. The van der Waals surface area contributed by atoms with Crippen molar-refractivity contribution in [1.29, 1.82) is 0 Å². The molecule has 0 bridgehead atoms. The third kappa shape index (κ3) is 3.60. The summed E-state index contributed by atoms with van der Waals surface area (Å²) in [7, 11) is 6.19. The maximum atomic E-state index is 13.4. The summed E-state index contributed by atoms with van der Waals surface area (Å²) in [6.45, 7) is 1.92. The van der Waals surface area contributed by atoms with Gasteiger partial charge in [-0.2, -0.15) is 0 Å². The number of carbonyl (C=O) groups excluding carboxylic acids is 2. The summed E-state index contributed by atoms with van der Waals surface area (Å²) in [5.41, 5.74) is 6.05. The van der Waals surface area contributed by atoms with E-state index in [4.69, 9.17) is 0 Å². The number of nitrogens with one attached hydrogen (secondary N) is 1. The summed E-state index contributed by atoms with van der Waals surface area (Å²) in [4.78, 5) is 28.9. The highest BCUT2D eigenvalue weighted by Crippen LogP contribution is 2.42. The van der Waals surface area contributed by atoms with Crippen LogP contribution in [0.25, 0.3) is 33.0 Å². The zero-order valence-electron chi connectivity index (χ0n) is 20.2. The van der Waals surface area contributed by atoms with Crippen molar-refractivity contribution in [2.45, 2.75) is 19.4 Å². The van der Waals surface area contributed by atoms with Gasteiger partial charge in [0.2, 0.25) is 0 Å². The summed E-state index contributed by atoms with van der Waals surface area (Å²) in [5.74, 6) is -0.116. The second-order valence-electron chi connectivity index (χ2n) is 9.82. The van der Waals surface area contributed by atoms with Crippen LogP contribution in [0.3, 0.4) is 0 Å². The monoisotopic (exact) mass is 488 g/mol. The van der Waals surface area contributed by atoms with E-state index in [0.717, 1.165) is 64.6 Å². The molecule has 4 aromatic rings. The highest BCUT2D eigenvalue weighted by Gasteiger charge is 2.38. The topological polar surface area (TPSA) is 59.3 Å². The molecule has 6 nitrogen and oxygen atoms in total. The fraction of sp³-hybridized carbons (Fsp3) is 0.286. The van der Waals surface area contributed by atoms with Gasteiger partial charge in [-0.25, -0.2) is 0 Å². The second kappa shape index (κ2) is 8.70. The Balaban J connectivity index is 0.00000253. The molecule has 2 aromatic carbocycles. The molecule has 6 rings (SSSR count). The molecular weight excluding hydrogens is 460 g/mol. The molecule has 1 unspecified atom stereocenters. The van der Waals surface area contributed by atoms with E-state index >= 15 is 0 Å². The number of imide groups is 1. The third-order valence-corrected chi connectivity index (χ3v) is 7.29. The number of fused-ring (bicyclic) bond motifs is 4. The van der Waals surface area contributed by atoms with Crippen LogP contribution >= 0.6 is 12.4 Å². The Bertz CT molecular complexity index is 1520. The van der Waals surface area contributed by atoms with Gasteiger partial charge in [0, 0.05) is 65.0 Å². The van der Waals surface area contributed by atoms with E-state index < -0.39 is 0 Å². The van der Waals surface area contributed by atoms with E-state index in [1.54, 1.807) is 0 Å². The van der Waals surface area contributed by atoms with Crippen LogP contribution in [0.1, 0.15) is 23.2 Å². The number of para-hydroxylation sites is 2. The van der Waals surface area contributed by atoms with Gasteiger partial charge in [0.25, 0.3) is 11.8 Å². The van der Waals surface area contributed by atoms with Crippen molar-refractivity contribution >= 4 is 57.2 Å². The Morgan fingerprint density at radius 3 is 2.34 bits per heavy atom. The molecule has 180 valence electrons. The number of hydrogen-bond donors (Lipinski definition) is 1. The van der Waals surface area contributed by atoms with Gasteiger partial charge in [0.15, 0.2) is 0 Å². The molecule has 0 saturated carbocycles. The lowest BCUT2D eigenvalue weighted by Crippen LogP contribution is -2.29. The van der Waals surface area contributed by atoms with Gasteiger partial charge in [0.05, 0.1) is 11.1 Å². The summed E-state index contributed by atoms with van der Waals surface area (Å²) in [6.07, 6.45) is 3.96. The fourth-order valence-corrected chi connectivity index (χ4v) is 5.95. The van der Waals surface area contributed by atoms with Crippen LogP contribution in [-0.2, 0) is 29.6 Å². The quantitative estimate of drug-likeness (QED) is 0.437. The molecule has 0 aliphatic carbocycles. The number of aromatic nitrogens is 2. The van der Waals surface area contributed by atoms with E-state index in [2.05, 4.69) is 41.0 Å². The predicted octanol–water partition coefficient (Wildman–Crippen LogP) is 4.25. The smallest absolute Gasteiger partial charge is 0.259 e. The molecule has 0 saturated heterocycles. The lowest BCUT2D eigenvalue weighted by molar-refractivity contribution is -0.122. The first-order valence-corrected chi connectivity index (χ1v) is 11.8. The molecule has 2 aromatic heterocycles. The first-order chi connectivity index (χ1) is 16.4. The predicted molar refractivity (Wildman–Crippen MR) is 142 cm³/mol. The van der Waals surface area contributed by atoms with Crippen molar-refractivity contribution < 1.29 is 9.59 Å². The lowest BCUT2D eigenvalue weighted by atomic mass is 9.89. The number of hydrogen-bond acceptors (Lipinski definition) is 3. The van der Waals surface area contributed by atoms with Gasteiger partial charge in [-0.1, -0.05) is 36.4 Å². The van der Waals surface area contributed by atoms with Crippen molar-refractivity contribution in [1.82, 2.24) is 19.4 Å². The Morgan fingerprint density at radius 2 is 1.60 bits per heavy atom. The van der Waals surface area contributed by atoms with Crippen molar-refractivity contribution in [3.05, 3.63) is 71.5 Å². The van der Waals surface area contributed by atoms with Crippen LogP contribution in [0.15, 0.2) is 54.7 Å². The Kier molecular flexibility index (Phi) is 5.82. The Hall–Kier alpha value is -3.35. The highest BCUT2D eigenvalue weighted by molar-refractivity contribution is 6.51. The molecule has 35 heavy (non-hydrogen) atoms. The zero-order valence-corrected chi connectivity index (χ0v) is 21.0. The minimum absolute atomic E-state index is 0. The summed E-state index contributed by atoms with van der Waals surface area (Å²) in [6, 6.07) is 16.3. The SMILES string of the molecule is CN(C)CC1CCn2c(c(C3=C(c4cn(C)c5ccccc45)C(=O)NC3=O)c3ccccc32)C1.Cl. The van der Waals surface area contributed by atoms with E-state index in [0.29, 0.717) is 17.1 Å². The van der Waals surface area contributed by atoms with Crippen LogP contribution in [0, 0.1) is 5.92 Å². The Labute approximate surface area is 210 Å². The number of halogens is 1. The maximum Gasteiger partial charge on any atom is 0.259 e. The molecule has 0 radical (unpaired) electrons. The third-order valence-electron chi connectivity index (χ3n) is 7.29. The summed E-state index contributed by atoms with van der Waals surface area (Å²) >= 11 is 0.